The molecule has 3 heterocycles. The summed E-state index contributed by atoms with van der Waals surface area (Å²) >= 11 is 1.51. The molecule has 4 rings (SSSR count). The van der Waals surface area contributed by atoms with Gasteiger partial charge in [0.1, 0.15) is 5.82 Å². The molecule has 1 aromatic carbocycles. The molecule has 2 aromatic heterocycles. The number of carbonyl (C=O) groups is 1. The third kappa shape index (κ3) is 3.63. The highest BCUT2D eigenvalue weighted by atomic mass is 32.1. The molecule has 3 aromatic rings. The van der Waals surface area contributed by atoms with E-state index in [9.17, 15) is 9.18 Å². The Bertz CT molecular complexity index is 916. The zero-order valence-corrected chi connectivity index (χ0v) is 15.7. The van der Waals surface area contributed by atoms with Crippen LogP contribution in [-0.4, -0.2) is 51.9 Å². The number of thiophene rings is 1. The van der Waals surface area contributed by atoms with E-state index in [2.05, 4.69) is 10.1 Å². The maximum Gasteiger partial charge on any atom is 0.293 e. The second-order valence-corrected chi connectivity index (χ2v) is 7.30. The lowest BCUT2D eigenvalue weighted by Gasteiger charge is -2.30. The summed E-state index contributed by atoms with van der Waals surface area (Å²) in [5.74, 6) is 0.211. The normalized spacial score (nSPS) is 15.3. The maximum absolute atomic E-state index is 13.3. The van der Waals surface area contributed by atoms with Gasteiger partial charge >= 0.3 is 0 Å². The summed E-state index contributed by atoms with van der Waals surface area (Å²) in [5.41, 5.74) is 0.657. The fourth-order valence-electron chi connectivity index (χ4n) is 3.17. The van der Waals surface area contributed by atoms with Crippen molar-refractivity contribution in [2.45, 2.75) is 18.9 Å². The van der Waals surface area contributed by atoms with Gasteiger partial charge in [-0.3, -0.25) is 4.79 Å². The molecular formula is C19H19FN4O2S. The van der Waals surface area contributed by atoms with Gasteiger partial charge in [-0.05, 0) is 48.6 Å². The van der Waals surface area contributed by atoms with Gasteiger partial charge in [-0.1, -0.05) is 6.07 Å². The first-order chi connectivity index (χ1) is 13.2. The Balaban J connectivity index is 1.67. The second-order valence-electron chi connectivity index (χ2n) is 6.35. The SMILES string of the molecule is COC1CCN(C(=O)c2nc(-c3cccs3)n(-c3ccc(F)cc3)n2)CC1. The third-order valence-electron chi connectivity index (χ3n) is 4.67. The van der Waals surface area contributed by atoms with E-state index in [0.29, 0.717) is 24.6 Å². The Morgan fingerprint density at radius 1 is 1.22 bits per heavy atom. The Morgan fingerprint density at radius 3 is 2.59 bits per heavy atom. The summed E-state index contributed by atoms with van der Waals surface area (Å²) in [6, 6.07) is 9.82. The number of hydrogen-bond acceptors (Lipinski definition) is 5. The third-order valence-corrected chi connectivity index (χ3v) is 5.54. The summed E-state index contributed by atoms with van der Waals surface area (Å²) in [5, 5.41) is 6.39. The molecule has 1 saturated heterocycles. The fraction of sp³-hybridized carbons (Fsp3) is 0.316. The number of carbonyl (C=O) groups excluding carboxylic acids is 1. The number of methoxy groups -OCH3 is 1. The Morgan fingerprint density at radius 2 is 1.96 bits per heavy atom. The predicted octanol–water partition coefficient (Wildman–Crippen LogP) is 3.39. The van der Waals surface area contributed by atoms with E-state index >= 15 is 0 Å². The minimum Gasteiger partial charge on any atom is -0.381 e. The van der Waals surface area contributed by atoms with Crippen LogP contribution in [0.3, 0.4) is 0 Å². The highest BCUT2D eigenvalue weighted by Crippen LogP contribution is 2.26. The van der Waals surface area contributed by atoms with Gasteiger partial charge in [0.05, 0.1) is 16.7 Å². The molecule has 27 heavy (non-hydrogen) atoms. The van der Waals surface area contributed by atoms with Crippen LogP contribution in [-0.2, 0) is 4.74 Å². The van der Waals surface area contributed by atoms with E-state index in [-0.39, 0.29) is 23.7 Å². The van der Waals surface area contributed by atoms with Crippen LogP contribution in [0.1, 0.15) is 23.5 Å². The van der Waals surface area contributed by atoms with Crippen LogP contribution in [0.2, 0.25) is 0 Å². The van der Waals surface area contributed by atoms with Crippen molar-refractivity contribution in [3.05, 3.63) is 53.4 Å². The lowest BCUT2D eigenvalue weighted by molar-refractivity contribution is 0.0344. The van der Waals surface area contributed by atoms with Crippen molar-refractivity contribution >= 4 is 17.2 Å². The molecule has 1 amide bonds. The number of piperidine rings is 1. The quantitative estimate of drug-likeness (QED) is 0.690. The van der Waals surface area contributed by atoms with Gasteiger partial charge in [0.25, 0.3) is 5.91 Å². The number of likely N-dealkylation sites (tertiary alicyclic amines) is 1. The van der Waals surface area contributed by atoms with Gasteiger partial charge in [-0.2, -0.15) is 0 Å². The number of amides is 1. The molecular weight excluding hydrogens is 367 g/mol. The lowest BCUT2D eigenvalue weighted by atomic mass is 10.1. The number of hydrogen-bond donors (Lipinski definition) is 0. The van der Waals surface area contributed by atoms with E-state index in [1.807, 2.05) is 17.5 Å². The first-order valence-corrected chi connectivity index (χ1v) is 9.62. The molecule has 1 aliphatic heterocycles. The zero-order valence-electron chi connectivity index (χ0n) is 14.8. The van der Waals surface area contributed by atoms with Gasteiger partial charge in [-0.15, -0.1) is 16.4 Å². The summed E-state index contributed by atoms with van der Waals surface area (Å²) in [7, 11) is 1.70. The van der Waals surface area contributed by atoms with Crippen LogP contribution in [0.15, 0.2) is 41.8 Å². The van der Waals surface area contributed by atoms with Crippen LogP contribution in [0.25, 0.3) is 16.4 Å². The number of ether oxygens (including phenoxy) is 1. The Kier molecular flexibility index (Phi) is 5.00. The van der Waals surface area contributed by atoms with Crippen molar-refractivity contribution in [1.29, 1.82) is 0 Å². The van der Waals surface area contributed by atoms with Crippen molar-refractivity contribution in [3.63, 3.8) is 0 Å². The fourth-order valence-corrected chi connectivity index (χ4v) is 3.86. The summed E-state index contributed by atoms with van der Waals surface area (Å²) < 4.78 is 20.3. The summed E-state index contributed by atoms with van der Waals surface area (Å²) in [6.45, 7) is 1.24. The Hall–Kier alpha value is -2.58. The van der Waals surface area contributed by atoms with Crippen LogP contribution in [0.5, 0.6) is 0 Å². The smallest absolute Gasteiger partial charge is 0.293 e. The summed E-state index contributed by atoms with van der Waals surface area (Å²) in [4.78, 5) is 20.1. The summed E-state index contributed by atoms with van der Waals surface area (Å²) in [6.07, 6.45) is 1.80. The van der Waals surface area contributed by atoms with E-state index in [4.69, 9.17) is 4.74 Å². The van der Waals surface area contributed by atoms with Gasteiger partial charge in [0.15, 0.2) is 5.82 Å². The van der Waals surface area contributed by atoms with E-state index in [1.165, 1.54) is 23.5 Å². The first kappa shape index (κ1) is 17.8. The van der Waals surface area contributed by atoms with Crippen LogP contribution < -0.4 is 0 Å². The van der Waals surface area contributed by atoms with E-state index in [1.54, 1.807) is 28.8 Å². The molecule has 0 saturated carbocycles. The number of aromatic nitrogens is 3. The molecule has 6 nitrogen and oxygen atoms in total. The van der Waals surface area contributed by atoms with Crippen molar-refractivity contribution in [2.75, 3.05) is 20.2 Å². The number of rotatable bonds is 4. The van der Waals surface area contributed by atoms with Gasteiger partial charge < -0.3 is 9.64 Å². The average Bonchev–Trinajstić information content (AvgIpc) is 3.38. The standard InChI is InChI=1S/C19H19FN4O2S/c1-26-15-8-10-23(11-9-15)19(25)17-21-18(16-3-2-12-27-16)24(22-17)14-6-4-13(20)5-7-14/h2-7,12,15H,8-11H2,1H3. The van der Waals surface area contributed by atoms with Crippen molar-refractivity contribution in [2.24, 2.45) is 0 Å². The van der Waals surface area contributed by atoms with Gasteiger partial charge in [0.2, 0.25) is 5.82 Å². The molecule has 0 atom stereocenters. The van der Waals surface area contributed by atoms with Crippen molar-refractivity contribution in [3.8, 4) is 16.4 Å². The molecule has 0 N–H and O–H groups in total. The van der Waals surface area contributed by atoms with Gasteiger partial charge in [0, 0.05) is 20.2 Å². The molecule has 0 unspecified atom stereocenters. The van der Waals surface area contributed by atoms with E-state index < -0.39 is 0 Å². The maximum atomic E-state index is 13.3. The van der Waals surface area contributed by atoms with Crippen molar-refractivity contribution in [1.82, 2.24) is 19.7 Å². The van der Waals surface area contributed by atoms with Crippen molar-refractivity contribution < 1.29 is 13.9 Å². The molecule has 8 heteroatoms. The predicted molar refractivity (Wildman–Crippen MR) is 101 cm³/mol. The molecule has 0 bridgehead atoms. The highest BCUT2D eigenvalue weighted by molar-refractivity contribution is 7.13. The minimum absolute atomic E-state index is 0.151. The van der Waals surface area contributed by atoms with Crippen LogP contribution in [0, 0.1) is 5.82 Å². The highest BCUT2D eigenvalue weighted by Gasteiger charge is 2.27. The molecule has 0 spiro atoms. The molecule has 0 radical (unpaired) electrons. The average molecular weight is 386 g/mol. The monoisotopic (exact) mass is 386 g/mol. The largest absolute Gasteiger partial charge is 0.381 e. The number of nitrogens with zero attached hydrogens (tertiary/aromatic N) is 4. The molecule has 1 aliphatic rings. The number of benzene rings is 1. The second kappa shape index (κ2) is 7.58. The first-order valence-electron chi connectivity index (χ1n) is 8.74. The molecule has 1 fully saturated rings. The van der Waals surface area contributed by atoms with E-state index in [0.717, 1.165) is 17.7 Å². The molecule has 140 valence electrons. The lowest BCUT2D eigenvalue weighted by Crippen LogP contribution is -2.41. The van der Waals surface area contributed by atoms with Crippen LogP contribution >= 0.6 is 11.3 Å². The van der Waals surface area contributed by atoms with Crippen LogP contribution in [0.4, 0.5) is 4.39 Å². The zero-order chi connectivity index (χ0) is 18.8. The Labute approximate surface area is 160 Å². The number of halogens is 1. The molecule has 0 aliphatic carbocycles. The van der Waals surface area contributed by atoms with Gasteiger partial charge in [-0.25, -0.2) is 14.1 Å². The minimum atomic E-state index is -0.325. The topological polar surface area (TPSA) is 60.2 Å².